The summed E-state index contributed by atoms with van der Waals surface area (Å²) in [4.78, 5) is 36.8. The van der Waals surface area contributed by atoms with Crippen molar-refractivity contribution in [1.29, 1.82) is 0 Å². The number of hydrogen-bond acceptors (Lipinski definition) is 5. The van der Waals surface area contributed by atoms with E-state index in [1.165, 1.54) is 69.4 Å². The lowest BCUT2D eigenvalue weighted by Crippen LogP contribution is -2.31. The standard InChI is InChI=1S/C22H24N2O4S/c1-12-13(2)15(4)19(16(5)14(12)3)11-29-20-10-21(25)23(22(20)26)17-6-8-18(9-7-17)24(27)28/h6-9,20H,10-11H2,1-5H3. The van der Waals surface area contributed by atoms with Gasteiger partial charge in [-0.15, -0.1) is 11.8 Å². The number of nitro benzene ring substituents is 1. The van der Waals surface area contributed by atoms with E-state index in [9.17, 15) is 19.7 Å². The van der Waals surface area contributed by atoms with Crippen LogP contribution >= 0.6 is 11.8 Å². The van der Waals surface area contributed by atoms with E-state index in [-0.39, 0.29) is 23.9 Å². The Morgan fingerprint density at radius 2 is 1.48 bits per heavy atom. The molecule has 1 aliphatic rings. The number of carbonyl (C=O) groups excluding carboxylic acids is 2. The van der Waals surface area contributed by atoms with Gasteiger partial charge < -0.3 is 0 Å². The predicted molar refractivity (Wildman–Crippen MR) is 115 cm³/mol. The van der Waals surface area contributed by atoms with Crippen molar-refractivity contribution in [3.63, 3.8) is 0 Å². The molecule has 2 aromatic carbocycles. The number of hydrogen-bond donors (Lipinski definition) is 0. The largest absolute Gasteiger partial charge is 0.274 e. The van der Waals surface area contributed by atoms with Gasteiger partial charge in [-0.2, -0.15) is 0 Å². The number of thioether (sulfide) groups is 1. The number of non-ortho nitro benzene ring substituents is 1. The van der Waals surface area contributed by atoms with E-state index in [4.69, 9.17) is 0 Å². The van der Waals surface area contributed by atoms with Gasteiger partial charge in [-0.05, 0) is 80.1 Å². The Hall–Kier alpha value is -2.67. The second-order valence-corrected chi connectivity index (χ2v) is 8.64. The summed E-state index contributed by atoms with van der Waals surface area (Å²) < 4.78 is 0. The molecule has 3 rings (SSSR count). The molecule has 0 bridgehead atoms. The van der Waals surface area contributed by atoms with E-state index >= 15 is 0 Å². The molecule has 1 heterocycles. The lowest BCUT2D eigenvalue weighted by atomic mass is 9.90. The van der Waals surface area contributed by atoms with Gasteiger partial charge in [0.1, 0.15) is 0 Å². The highest BCUT2D eigenvalue weighted by Gasteiger charge is 2.40. The molecular formula is C22H24N2O4S. The van der Waals surface area contributed by atoms with Gasteiger partial charge in [0.05, 0.1) is 15.9 Å². The average molecular weight is 413 g/mol. The van der Waals surface area contributed by atoms with Crippen LogP contribution in [0.25, 0.3) is 0 Å². The number of imide groups is 1. The maximum atomic E-state index is 12.9. The number of nitro groups is 1. The molecule has 0 aliphatic carbocycles. The molecule has 0 spiro atoms. The third-order valence-electron chi connectivity index (χ3n) is 6.01. The Labute approximate surface area is 174 Å². The van der Waals surface area contributed by atoms with Crippen molar-refractivity contribution >= 4 is 35.0 Å². The van der Waals surface area contributed by atoms with Gasteiger partial charge in [-0.3, -0.25) is 19.7 Å². The Morgan fingerprint density at radius 3 is 2.00 bits per heavy atom. The molecule has 0 radical (unpaired) electrons. The monoisotopic (exact) mass is 412 g/mol. The minimum absolute atomic E-state index is 0.0742. The zero-order valence-electron chi connectivity index (χ0n) is 17.2. The van der Waals surface area contributed by atoms with Crippen molar-refractivity contribution in [2.75, 3.05) is 4.90 Å². The Kier molecular flexibility index (Phi) is 5.80. The van der Waals surface area contributed by atoms with Crippen molar-refractivity contribution in [1.82, 2.24) is 0 Å². The third kappa shape index (κ3) is 3.79. The van der Waals surface area contributed by atoms with Crippen LogP contribution in [0.3, 0.4) is 0 Å². The second-order valence-electron chi connectivity index (χ2n) is 7.45. The minimum Gasteiger partial charge on any atom is -0.274 e. The van der Waals surface area contributed by atoms with Crippen LogP contribution in [-0.2, 0) is 15.3 Å². The number of carbonyl (C=O) groups is 2. The number of nitrogens with zero attached hydrogens (tertiary/aromatic N) is 2. The quantitative estimate of drug-likeness (QED) is 0.404. The SMILES string of the molecule is Cc1c(C)c(C)c(CSC2CC(=O)N(c3ccc([N+](=O)[O-])cc3)C2=O)c(C)c1C. The Bertz CT molecular complexity index is 985. The fourth-order valence-corrected chi connectivity index (χ4v) is 5.02. The van der Waals surface area contributed by atoms with Gasteiger partial charge in [0.15, 0.2) is 0 Å². The molecule has 1 saturated heterocycles. The lowest BCUT2D eigenvalue weighted by molar-refractivity contribution is -0.384. The van der Waals surface area contributed by atoms with Gasteiger partial charge in [0.2, 0.25) is 11.8 Å². The van der Waals surface area contributed by atoms with Crippen LogP contribution in [0.2, 0.25) is 0 Å². The van der Waals surface area contributed by atoms with Crippen LogP contribution in [0.5, 0.6) is 0 Å². The average Bonchev–Trinajstić information content (AvgIpc) is 2.98. The maximum absolute atomic E-state index is 12.9. The number of anilines is 1. The van der Waals surface area contributed by atoms with Crippen molar-refractivity contribution < 1.29 is 14.5 Å². The molecule has 6 nitrogen and oxygen atoms in total. The first-order valence-corrected chi connectivity index (χ1v) is 10.5. The van der Waals surface area contributed by atoms with Gasteiger partial charge in [-0.1, -0.05) is 0 Å². The minimum atomic E-state index is -0.508. The van der Waals surface area contributed by atoms with Crippen molar-refractivity contribution in [3.8, 4) is 0 Å². The fraction of sp³-hybridized carbons (Fsp3) is 0.364. The molecule has 1 unspecified atom stereocenters. The van der Waals surface area contributed by atoms with E-state index in [0.29, 0.717) is 11.4 Å². The number of benzene rings is 2. The first-order valence-electron chi connectivity index (χ1n) is 9.42. The molecule has 2 amide bonds. The first-order chi connectivity index (χ1) is 13.6. The smallest absolute Gasteiger partial charge is 0.269 e. The molecule has 0 saturated carbocycles. The molecule has 1 fully saturated rings. The van der Waals surface area contributed by atoms with Crippen LogP contribution in [0.1, 0.15) is 39.8 Å². The lowest BCUT2D eigenvalue weighted by Gasteiger charge is -2.19. The summed E-state index contributed by atoms with van der Waals surface area (Å²) in [5, 5.41) is 10.4. The Balaban J connectivity index is 1.78. The number of rotatable bonds is 5. The molecule has 0 aromatic heterocycles. The summed E-state index contributed by atoms with van der Waals surface area (Å²) in [6, 6.07) is 5.51. The summed E-state index contributed by atoms with van der Waals surface area (Å²) in [7, 11) is 0. The van der Waals surface area contributed by atoms with E-state index in [1.807, 2.05) is 0 Å². The fourth-order valence-electron chi connectivity index (χ4n) is 3.71. The van der Waals surface area contributed by atoms with Crippen LogP contribution in [0.15, 0.2) is 24.3 Å². The summed E-state index contributed by atoms with van der Waals surface area (Å²) >= 11 is 1.49. The highest BCUT2D eigenvalue weighted by Crippen LogP contribution is 2.35. The molecule has 29 heavy (non-hydrogen) atoms. The summed E-state index contributed by atoms with van der Waals surface area (Å²) in [5.74, 6) is 0.132. The van der Waals surface area contributed by atoms with Gasteiger partial charge >= 0.3 is 0 Å². The maximum Gasteiger partial charge on any atom is 0.269 e. The van der Waals surface area contributed by atoms with E-state index in [0.717, 1.165) is 4.90 Å². The van der Waals surface area contributed by atoms with Gasteiger partial charge in [0.25, 0.3) is 5.69 Å². The molecule has 1 atom stereocenters. The van der Waals surface area contributed by atoms with E-state index in [2.05, 4.69) is 34.6 Å². The van der Waals surface area contributed by atoms with Crippen molar-refractivity contribution in [3.05, 3.63) is 67.8 Å². The summed E-state index contributed by atoms with van der Waals surface area (Å²) in [6.07, 6.45) is 0.141. The highest BCUT2D eigenvalue weighted by molar-refractivity contribution is 7.99. The molecule has 152 valence electrons. The molecule has 1 aliphatic heterocycles. The van der Waals surface area contributed by atoms with Crippen molar-refractivity contribution in [2.45, 2.75) is 52.0 Å². The Morgan fingerprint density at radius 1 is 0.966 bits per heavy atom. The molecular weight excluding hydrogens is 388 g/mol. The topological polar surface area (TPSA) is 80.5 Å². The second kappa shape index (κ2) is 7.99. The van der Waals surface area contributed by atoms with E-state index in [1.54, 1.807) is 0 Å². The van der Waals surface area contributed by atoms with Crippen LogP contribution in [0.4, 0.5) is 11.4 Å². The molecule has 0 N–H and O–H groups in total. The third-order valence-corrected chi connectivity index (χ3v) is 7.23. The molecule has 7 heteroatoms. The molecule has 2 aromatic rings. The van der Waals surface area contributed by atoms with E-state index < -0.39 is 10.2 Å². The van der Waals surface area contributed by atoms with Crippen LogP contribution in [-0.4, -0.2) is 22.0 Å². The van der Waals surface area contributed by atoms with Crippen molar-refractivity contribution in [2.24, 2.45) is 0 Å². The zero-order valence-corrected chi connectivity index (χ0v) is 18.1. The zero-order chi connectivity index (χ0) is 21.5. The van der Waals surface area contributed by atoms with Crippen LogP contribution in [0, 0.1) is 44.7 Å². The summed E-state index contributed by atoms with van der Waals surface area (Å²) in [5.41, 5.74) is 7.84. The predicted octanol–water partition coefficient (Wildman–Crippen LogP) is 4.70. The highest BCUT2D eigenvalue weighted by atomic mass is 32.2. The summed E-state index contributed by atoms with van der Waals surface area (Å²) in [6.45, 7) is 10.6. The number of amides is 2. The van der Waals surface area contributed by atoms with Gasteiger partial charge in [0, 0.05) is 24.3 Å². The normalized spacial score (nSPS) is 16.6. The van der Waals surface area contributed by atoms with Gasteiger partial charge in [-0.25, -0.2) is 4.90 Å². The van der Waals surface area contributed by atoms with Crippen LogP contribution < -0.4 is 4.90 Å². The first kappa shape index (κ1) is 21.0.